The van der Waals surface area contributed by atoms with Gasteiger partial charge in [-0.15, -0.1) is 0 Å². The van der Waals surface area contributed by atoms with Crippen LogP contribution in [0.15, 0.2) is 5.16 Å². The van der Waals surface area contributed by atoms with Gasteiger partial charge in [-0.05, 0) is 26.5 Å². The summed E-state index contributed by atoms with van der Waals surface area (Å²) in [7, 11) is 0. The van der Waals surface area contributed by atoms with Gasteiger partial charge in [-0.25, -0.2) is 14.4 Å². The number of nitrogens with zero attached hydrogens (tertiary/aromatic N) is 3. The molecule has 3 heterocycles. The molecule has 0 radical (unpaired) electrons. The summed E-state index contributed by atoms with van der Waals surface area (Å²) in [5.41, 5.74) is 0.649. The molecule has 0 saturated carbocycles. The van der Waals surface area contributed by atoms with E-state index >= 15 is 4.39 Å². The second kappa shape index (κ2) is 8.08. The van der Waals surface area contributed by atoms with Crippen LogP contribution in [-0.2, 0) is 9.53 Å². The molecule has 2 saturated heterocycles. The maximum Gasteiger partial charge on any atom is 0.225 e. The van der Waals surface area contributed by atoms with E-state index in [0.29, 0.717) is 39.1 Å². The van der Waals surface area contributed by atoms with Gasteiger partial charge in [0.2, 0.25) is 5.91 Å². The van der Waals surface area contributed by atoms with Crippen molar-refractivity contribution < 1.29 is 13.9 Å². The molecule has 2 aliphatic heterocycles. The van der Waals surface area contributed by atoms with Crippen molar-refractivity contribution in [1.82, 2.24) is 15.3 Å². The fourth-order valence-corrected chi connectivity index (χ4v) is 3.82. The second-order valence-corrected chi connectivity index (χ2v) is 7.93. The van der Waals surface area contributed by atoms with Gasteiger partial charge in [-0.1, -0.05) is 11.8 Å². The van der Waals surface area contributed by atoms with Crippen molar-refractivity contribution in [1.29, 1.82) is 0 Å². The number of amides is 1. The quantitative estimate of drug-likeness (QED) is 0.623. The summed E-state index contributed by atoms with van der Waals surface area (Å²) in [5, 5.41) is 3.53. The van der Waals surface area contributed by atoms with Gasteiger partial charge in [0.25, 0.3) is 0 Å². The summed E-state index contributed by atoms with van der Waals surface area (Å²) in [6, 6.07) is 0. The third-order valence-electron chi connectivity index (χ3n) is 5.36. The van der Waals surface area contributed by atoms with Crippen molar-refractivity contribution in [3.63, 3.8) is 0 Å². The highest BCUT2D eigenvalue weighted by atomic mass is 32.2. The first kappa shape index (κ1) is 19.4. The number of halogens is 1. The number of carbonyl (C=O) groups excluding carboxylic acids is 1. The highest BCUT2D eigenvalue weighted by Gasteiger charge is 2.36. The monoisotopic (exact) mass is 382 g/mol. The van der Waals surface area contributed by atoms with Crippen molar-refractivity contribution in [2.75, 3.05) is 44.0 Å². The number of aromatic nitrogens is 2. The van der Waals surface area contributed by atoms with E-state index in [0.717, 1.165) is 28.7 Å². The molecule has 0 aliphatic carbocycles. The maximum absolute atomic E-state index is 15.1. The van der Waals surface area contributed by atoms with Gasteiger partial charge < -0.3 is 15.0 Å². The molecule has 1 N–H and O–H groups in total. The molecule has 3 rings (SSSR count). The second-order valence-electron chi connectivity index (χ2n) is 7.16. The van der Waals surface area contributed by atoms with E-state index in [1.165, 1.54) is 11.8 Å². The molecule has 1 aromatic heterocycles. The van der Waals surface area contributed by atoms with Crippen LogP contribution in [0.1, 0.15) is 30.5 Å². The Labute approximate surface area is 158 Å². The first-order chi connectivity index (χ1) is 12.4. The Morgan fingerprint density at radius 3 is 2.73 bits per heavy atom. The zero-order valence-electron chi connectivity index (χ0n) is 15.7. The van der Waals surface area contributed by atoms with Crippen molar-refractivity contribution >= 4 is 23.5 Å². The Morgan fingerprint density at radius 2 is 2.12 bits per heavy atom. The topological polar surface area (TPSA) is 67.4 Å². The molecule has 2 fully saturated rings. The van der Waals surface area contributed by atoms with Gasteiger partial charge in [-0.2, -0.15) is 0 Å². The molecule has 0 aromatic carbocycles. The van der Waals surface area contributed by atoms with E-state index in [9.17, 15) is 4.79 Å². The molecule has 6 nitrogen and oxygen atoms in total. The molecule has 1 aromatic rings. The number of thioether (sulfide) groups is 1. The number of rotatable bonds is 5. The average Bonchev–Trinajstić information content (AvgIpc) is 3.18. The van der Waals surface area contributed by atoms with E-state index in [1.807, 2.05) is 20.1 Å². The smallest absolute Gasteiger partial charge is 0.225 e. The summed E-state index contributed by atoms with van der Waals surface area (Å²) in [6.45, 7) is 6.30. The minimum Gasteiger partial charge on any atom is -0.381 e. The SMILES string of the molecule is CSc1nc(C)c(C)c(N2CCC(F)(CNC(=O)C3CCOC3)CC2)n1. The average molecular weight is 383 g/mol. The fourth-order valence-electron chi connectivity index (χ4n) is 3.41. The van der Waals surface area contributed by atoms with Crippen LogP contribution in [0, 0.1) is 19.8 Å². The molecular formula is C18H27FN4O2S. The highest BCUT2D eigenvalue weighted by Crippen LogP contribution is 2.31. The maximum atomic E-state index is 15.1. The summed E-state index contributed by atoms with van der Waals surface area (Å²) >= 11 is 1.51. The lowest BCUT2D eigenvalue weighted by atomic mass is 9.92. The van der Waals surface area contributed by atoms with Crippen molar-refractivity contribution in [3.8, 4) is 0 Å². The molecule has 2 aliphatic rings. The molecule has 8 heteroatoms. The van der Waals surface area contributed by atoms with Crippen LogP contribution >= 0.6 is 11.8 Å². The summed E-state index contributed by atoms with van der Waals surface area (Å²) in [5.74, 6) is 0.681. The van der Waals surface area contributed by atoms with Crippen LogP contribution in [0.25, 0.3) is 0 Å². The summed E-state index contributed by atoms with van der Waals surface area (Å²) in [6.07, 6.45) is 3.44. The number of ether oxygens (including phenoxy) is 1. The van der Waals surface area contributed by atoms with E-state index in [1.54, 1.807) is 0 Å². The van der Waals surface area contributed by atoms with Crippen LogP contribution in [-0.4, -0.2) is 60.6 Å². The molecule has 26 heavy (non-hydrogen) atoms. The highest BCUT2D eigenvalue weighted by molar-refractivity contribution is 7.98. The summed E-state index contributed by atoms with van der Waals surface area (Å²) < 4.78 is 20.3. The Bertz CT molecular complexity index is 659. The number of alkyl halides is 1. The largest absolute Gasteiger partial charge is 0.381 e. The van der Waals surface area contributed by atoms with Crippen LogP contribution in [0.4, 0.5) is 10.2 Å². The number of hydrogen-bond acceptors (Lipinski definition) is 6. The normalized spacial score (nSPS) is 22.5. The minimum absolute atomic E-state index is 0.0774. The van der Waals surface area contributed by atoms with Gasteiger partial charge in [0, 0.05) is 43.8 Å². The number of aryl methyl sites for hydroxylation is 1. The number of piperidine rings is 1. The van der Waals surface area contributed by atoms with Crippen molar-refractivity contribution in [2.45, 2.75) is 43.9 Å². The van der Waals surface area contributed by atoms with Gasteiger partial charge in [0.1, 0.15) is 11.5 Å². The third kappa shape index (κ3) is 4.28. The van der Waals surface area contributed by atoms with E-state index in [-0.39, 0.29) is 18.4 Å². The molecular weight excluding hydrogens is 355 g/mol. The Balaban J connectivity index is 1.58. The van der Waals surface area contributed by atoms with E-state index in [2.05, 4.69) is 20.2 Å². The Morgan fingerprint density at radius 1 is 1.38 bits per heavy atom. The standard InChI is InChI=1S/C18H27FN4O2S/c1-12-13(2)21-17(26-3)22-15(12)23-7-5-18(19,6-8-23)11-20-16(24)14-4-9-25-10-14/h14H,4-11H2,1-3H3,(H,20,24). The first-order valence-corrected chi connectivity index (χ1v) is 10.3. The first-order valence-electron chi connectivity index (χ1n) is 9.10. The molecule has 0 bridgehead atoms. The fraction of sp³-hybridized carbons (Fsp3) is 0.722. The molecule has 1 amide bonds. The van der Waals surface area contributed by atoms with Gasteiger partial charge >= 0.3 is 0 Å². The van der Waals surface area contributed by atoms with E-state index < -0.39 is 5.67 Å². The zero-order chi connectivity index (χ0) is 18.7. The van der Waals surface area contributed by atoms with Crippen LogP contribution in [0.2, 0.25) is 0 Å². The number of carbonyl (C=O) groups is 1. The predicted molar refractivity (Wildman–Crippen MR) is 101 cm³/mol. The lowest BCUT2D eigenvalue weighted by molar-refractivity contribution is -0.125. The predicted octanol–water partition coefficient (Wildman–Crippen LogP) is 2.28. The molecule has 1 unspecified atom stereocenters. The Hall–Kier alpha value is -1.41. The zero-order valence-corrected chi connectivity index (χ0v) is 16.5. The number of nitrogens with one attached hydrogen (secondary N) is 1. The van der Waals surface area contributed by atoms with Gasteiger partial charge in [-0.3, -0.25) is 4.79 Å². The van der Waals surface area contributed by atoms with Crippen molar-refractivity contribution in [2.24, 2.45) is 5.92 Å². The van der Waals surface area contributed by atoms with Crippen LogP contribution < -0.4 is 10.2 Å². The third-order valence-corrected chi connectivity index (χ3v) is 5.91. The molecule has 144 valence electrons. The number of hydrogen-bond donors (Lipinski definition) is 1. The molecule has 1 atom stereocenters. The van der Waals surface area contributed by atoms with Crippen LogP contribution in [0.3, 0.4) is 0 Å². The minimum atomic E-state index is -1.36. The lowest BCUT2D eigenvalue weighted by Gasteiger charge is -2.38. The van der Waals surface area contributed by atoms with Gasteiger partial charge in [0.05, 0.1) is 19.1 Å². The summed E-state index contributed by atoms with van der Waals surface area (Å²) in [4.78, 5) is 23.3. The van der Waals surface area contributed by atoms with Gasteiger partial charge in [0.15, 0.2) is 5.16 Å². The van der Waals surface area contributed by atoms with Crippen molar-refractivity contribution in [3.05, 3.63) is 11.3 Å². The lowest BCUT2D eigenvalue weighted by Crippen LogP contribution is -2.49. The van der Waals surface area contributed by atoms with E-state index in [4.69, 9.17) is 4.74 Å². The molecule has 0 spiro atoms. The van der Waals surface area contributed by atoms with Crippen LogP contribution in [0.5, 0.6) is 0 Å². The number of anilines is 1. The Kier molecular flexibility index (Phi) is 6.02.